The predicted molar refractivity (Wildman–Crippen MR) is 91.0 cm³/mol. The summed E-state index contributed by atoms with van der Waals surface area (Å²) in [5, 5.41) is 3.65. The molecule has 142 valence electrons. The molecule has 2 aromatic rings. The van der Waals surface area contributed by atoms with Crippen molar-refractivity contribution < 1.29 is 26.8 Å². The zero-order valence-corrected chi connectivity index (χ0v) is 15.4. The van der Waals surface area contributed by atoms with Crippen molar-refractivity contribution in [3.63, 3.8) is 0 Å². The number of rotatable bonds is 4. The SMILES string of the molecule is Cc1cc(-c2ccc(S(=O)(=O)NC3CCOC4(CCOCC4)C3)o2)on1. The van der Waals surface area contributed by atoms with Gasteiger partial charge in [0.15, 0.2) is 5.76 Å². The zero-order chi connectivity index (χ0) is 18.2. The van der Waals surface area contributed by atoms with Gasteiger partial charge in [-0.05, 0) is 44.7 Å². The van der Waals surface area contributed by atoms with Crippen LogP contribution in [-0.4, -0.2) is 45.0 Å². The fourth-order valence-electron chi connectivity index (χ4n) is 3.57. The van der Waals surface area contributed by atoms with Crippen LogP contribution in [-0.2, 0) is 19.5 Å². The van der Waals surface area contributed by atoms with E-state index in [1.807, 2.05) is 0 Å². The first-order valence-corrected chi connectivity index (χ1v) is 10.2. The lowest BCUT2D eigenvalue weighted by molar-refractivity contribution is -0.138. The van der Waals surface area contributed by atoms with Gasteiger partial charge in [-0.25, -0.2) is 13.1 Å². The van der Waals surface area contributed by atoms with Crippen molar-refractivity contribution >= 4 is 10.0 Å². The average Bonchev–Trinajstić information content (AvgIpc) is 3.24. The molecule has 1 atom stereocenters. The lowest BCUT2D eigenvalue weighted by atomic mass is 9.84. The number of aryl methyl sites for hydroxylation is 1. The van der Waals surface area contributed by atoms with E-state index in [1.54, 1.807) is 19.1 Å². The lowest BCUT2D eigenvalue weighted by Crippen LogP contribution is -2.50. The molecule has 0 amide bonds. The molecule has 4 rings (SSSR count). The molecular formula is C17H22N2O6S. The molecule has 1 unspecified atom stereocenters. The van der Waals surface area contributed by atoms with E-state index in [9.17, 15) is 8.42 Å². The molecule has 0 radical (unpaired) electrons. The van der Waals surface area contributed by atoms with E-state index in [4.69, 9.17) is 18.4 Å². The summed E-state index contributed by atoms with van der Waals surface area (Å²) < 4.78 is 50.1. The molecule has 2 fully saturated rings. The summed E-state index contributed by atoms with van der Waals surface area (Å²) in [5.74, 6) is 0.732. The quantitative estimate of drug-likeness (QED) is 0.865. The number of nitrogens with one attached hydrogen (secondary N) is 1. The highest BCUT2D eigenvalue weighted by atomic mass is 32.2. The Kier molecular flexibility index (Phi) is 4.64. The minimum atomic E-state index is -3.76. The van der Waals surface area contributed by atoms with Crippen molar-refractivity contribution in [3.8, 4) is 11.5 Å². The van der Waals surface area contributed by atoms with Gasteiger partial charge >= 0.3 is 0 Å². The Labute approximate surface area is 151 Å². The third-order valence-electron chi connectivity index (χ3n) is 4.94. The first-order chi connectivity index (χ1) is 12.5. The smallest absolute Gasteiger partial charge is 0.274 e. The molecule has 0 saturated carbocycles. The van der Waals surface area contributed by atoms with E-state index >= 15 is 0 Å². The molecule has 0 aromatic carbocycles. The van der Waals surface area contributed by atoms with Crippen LogP contribution in [0.4, 0.5) is 0 Å². The molecule has 2 aliphatic rings. The van der Waals surface area contributed by atoms with Crippen LogP contribution in [0.25, 0.3) is 11.5 Å². The van der Waals surface area contributed by atoms with Gasteiger partial charge in [-0.1, -0.05) is 5.16 Å². The average molecular weight is 382 g/mol. The highest BCUT2D eigenvalue weighted by Gasteiger charge is 2.40. The standard InChI is InChI=1S/C17H22N2O6S/c1-12-10-15(25-18-12)14-2-3-16(24-14)26(20,21)19-13-4-7-23-17(11-13)5-8-22-9-6-17/h2-3,10,13,19H,4-9,11H2,1H3. The zero-order valence-electron chi connectivity index (χ0n) is 14.6. The Morgan fingerprint density at radius 2 is 2.00 bits per heavy atom. The van der Waals surface area contributed by atoms with Crippen molar-refractivity contribution in [1.29, 1.82) is 0 Å². The summed E-state index contributed by atoms with van der Waals surface area (Å²) in [5.41, 5.74) is 0.415. The Morgan fingerprint density at radius 3 is 2.73 bits per heavy atom. The summed E-state index contributed by atoms with van der Waals surface area (Å²) in [6.07, 6.45) is 2.86. The van der Waals surface area contributed by atoms with E-state index in [0.29, 0.717) is 49.9 Å². The van der Waals surface area contributed by atoms with Gasteiger partial charge in [0.25, 0.3) is 10.0 Å². The van der Waals surface area contributed by atoms with Crippen LogP contribution in [0.15, 0.2) is 32.2 Å². The van der Waals surface area contributed by atoms with E-state index < -0.39 is 10.0 Å². The van der Waals surface area contributed by atoms with Crippen molar-refractivity contribution in [2.45, 2.75) is 49.3 Å². The maximum atomic E-state index is 12.7. The molecule has 8 nitrogen and oxygen atoms in total. The first kappa shape index (κ1) is 17.7. The number of ether oxygens (including phenoxy) is 2. The monoisotopic (exact) mass is 382 g/mol. The molecule has 2 aromatic heterocycles. The number of sulfonamides is 1. The summed E-state index contributed by atoms with van der Waals surface area (Å²) in [6, 6.07) is 4.50. The van der Waals surface area contributed by atoms with Crippen LogP contribution in [0.5, 0.6) is 0 Å². The highest BCUT2D eigenvalue weighted by Crippen LogP contribution is 2.35. The van der Waals surface area contributed by atoms with Gasteiger partial charge in [0.2, 0.25) is 10.9 Å². The molecule has 2 aliphatic heterocycles. The van der Waals surface area contributed by atoms with Crippen LogP contribution in [0, 0.1) is 6.92 Å². The van der Waals surface area contributed by atoms with Crippen molar-refractivity contribution in [1.82, 2.24) is 9.88 Å². The van der Waals surface area contributed by atoms with Gasteiger partial charge in [-0.15, -0.1) is 0 Å². The van der Waals surface area contributed by atoms with Crippen LogP contribution in [0.1, 0.15) is 31.4 Å². The third-order valence-corrected chi connectivity index (χ3v) is 6.33. The molecule has 1 spiro atoms. The Hall–Kier alpha value is -1.68. The van der Waals surface area contributed by atoms with E-state index in [2.05, 4.69) is 9.88 Å². The summed E-state index contributed by atoms with van der Waals surface area (Å²) in [6.45, 7) is 3.62. The van der Waals surface area contributed by atoms with Gasteiger partial charge in [-0.3, -0.25) is 0 Å². The molecule has 4 heterocycles. The lowest BCUT2D eigenvalue weighted by Gasteiger charge is -2.43. The minimum absolute atomic E-state index is 0.130. The van der Waals surface area contributed by atoms with Gasteiger partial charge in [-0.2, -0.15) is 0 Å². The van der Waals surface area contributed by atoms with Gasteiger partial charge < -0.3 is 18.4 Å². The number of hydrogen-bond donors (Lipinski definition) is 1. The molecule has 1 N–H and O–H groups in total. The molecule has 26 heavy (non-hydrogen) atoms. The van der Waals surface area contributed by atoms with Crippen LogP contribution in [0.2, 0.25) is 0 Å². The van der Waals surface area contributed by atoms with E-state index in [0.717, 1.165) is 12.8 Å². The van der Waals surface area contributed by atoms with Gasteiger partial charge in [0, 0.05) is 31.9 Å². The maximum Gasteiger partial charge on any atom is 0.274 e. The van der Waals surface area contributed by atoms with E-state index in [-0.39, 0.29) is 16.7 Å². The second kappa shape index (κ2) is 6.80. The Bertz CT molecular complexity index is 860. The molecule has 9 heteroatoms. The second-order valence-electron chi connectivity index (χ2n) is 6.91. The summed E-state index contributed by atoms with van der Waals surface area (Å²) in [4.78, 5) is 0. The maximum absolute atomic E-state index is 12.7. The Balaban J connectivity index is 1.48. The van der Waals surface area contributed by atoms with Crippen LogP contribution >= 0.6 is 0 Å². The first-order valence-electron chi connectivity index (χ1n) is 8.73. The number of furan rings is 1. The summed E-state index contributed by atoms with van der Waals surface area (Å²) >= 11 is 0. The highest BCUT2D eigenvalue weighted by molar-refractivity contribution is 7.89. The second-order valence-corrected chi connectivity index (χ2v) is 8.55. The minimum Gasteiger partial charge on any atom is -0.440 e. The van der Waals surface area contributed by atoms with Crippen molar-refractivity contribution in [2.24, 2.45) is 0 Å². The fraction of sp³-hybridized carbons (Fsp3) is 0.588. The van der Waals surface area contributed by atoms with Crippen molar-refractivity contribution in [2.75, 3.05) is 19.8 Å². The number of hydrogen-bond acceptors (Lipinski definition) is 7. The summed E-state index contributed by atoms with van der Waals surface area (Å²) in [7, 11) is -3.76. The molecule has 2 saturated heterocycles. The molecular weight excluding hydrogens is 360 g/mol. The number of aromatic nitrogens is 1. The van der Waals surface area contributed by atoms with E-state index in [1.165, 1.54) is 6.07 Å². The van der Waals surface area contributed by atoms with Gasteiger partial charge in [0.1, 0.15) is 0 Å². The normalized spacial score (nSPS) is 23.3. The molecule has 0 aliphatic carbocycles. The topological polar surface area (TPSA) is 104 Å². The van der Waals surface area contributed by atoms with Gasteiger partial charge in [0.05, 0.1) is 11.3 Å². The fourth-order valence-corrected chi connectivity index (χ4v) is 4.78. The van der Waals surface area contributed by atoms with Crippen LogP contribution in [0.3, 0.4) is 0 Å². The third kappa shape index (κ3) is 3.57. The Morgan fingerprint density at radius 1 is 1.19 bits per heavy atom. The van der Waals surface area contributed by atoms with Crippen LogP contribution < -0.4 is 4.72 Å². The largest absolute Gasteiger partial charge is 0.440 e. The van der Waals surface area contributed by atoms with Crippen molar-refractivity contribution in [3.05, 3.63) is 23.9 Å². The predicted octanol–water partition coefficient (Wildman–Crippen LogP) is 2.25. The number of nitrogens with zero attached hydrogens (tertiary/aromatic N) is 1. The molecule has 0 bridgehead atoms.